The summed E-state index contributed by atoms with van der Waals surface area (Å²) in [6, 6.07) is 7.88. The number of fused-ring (bicyclic) bond motifs is 1. The van der Waals surface area contributed by atoms with E-state index in [0.717, 1.165) is 12.3 Å². The van der Waals surface area contributed by atoms with Gasteiger partial charge in [-0.25, -0.2) is 18.5 Å². The maximum Gasteiger partial charge on any atom is 0.417 e. The van der Waals surface area contributed by atoms with Crippen molar-refractivity contribution in [2.75, 3.05) is 31.1 Å². The van der Waals surface area contributed by atoms with E-state index >= 15 is 0 Å². The summed E-state index contributed by atoms with van der Waals surface area (Å²) >= 11 is 0. The van der Waals surface area contributed by atoms with E-state index in [1.54, 1.807) is 4.90 Å². The average Bonchev–Trinajstić information content (AvgIpc) is 3.25. The molecule has 1 amide bonds. The molecule has 1 aromatic heterocycles. The van der Waals surface area contributed by atoms with Crippen LogP contribution in [0.2, 0.25) is 0 Å². The lowest BCUT2D eigenvalue weighted by atomic mass is 10.0. The molecule has 0 radical (unpaired) electrons. The Morgan fingerprint density at radius 3 is 2.07 bits per heavy atom. The van der Waals surface area contributed by atoms with Gasteiger partial charge in [0, 0.05) is 49.8 Å². The standard InChI is InChI=1S/C19H19F3N4O3S/c20-19(21,22)15-3-6-17(24-7-15)25-8-13-10-26(11-14(13)9-25)18(27)12-1-4-16(5-2-12)30(23,28)29/h1-7,13-14H,8-11H2,(H2,23,28,29). The zero-order valence-electron chi connectivity index (χ0n) is 15.7. The Morgan fingerprint density at radius 2 is 1.60 bits per heavy atom. The number of alkyl halides is 3. The van der Waals surface area contributed by atoms with E-state index in [9.17, 15) is 26.4 Å². The molecule has 2 aliphatic heterocycles. The van der Waals surface area contributed by atoms with Crippen LogP contribution in [0.25, 0.3) is 0 Å². The van der Waals surface area contributed by atoms with Crippen molar-refractivity contribution in [3.63, 3.8) is 0 Å². The van der Waals surface area contributed by atoms with Gasteiger partial charge in [-0.15, -0.1) is 0 Å². The maximum atomic E-state index is 12.7. The number of nitrogens with zero attached hydrogens (tertiary/aromatic N) is 3. The Balaban J connectivity index is 1.39. The van der Waals surface area contributed by atoms with E-state index in [4.69, 9.17) is 5.14 Å². The summed E-state index contributed by atoms with van der Waals surface area (Å²) in [5, 5.41) is 5.07. The van der Waals surface area contributed by atoms with Crippen molar-refractivity contribution >= 4 is 21.7 Å². The second kappa shape index (κ2) is 7.24. The van der Waals surface area contributed by atoms with E-state index in [2.05, 4.69) is 4.98 Å². The van der Waals surface area contributed by atoms with E-state index in [1.807, 2.05) is 4.90 Å². The molecule has 0 aliphatic carbocycles. The number of primary sulfonamides is 1. The van der Waals surface area contributed by atoms with Crippen molar-refractivity contribution in [2.45, 2.75) is 11.1 Å². The highest BCUT2D eigenvalue weighted by atomic mass is 32.2. The summed E-state index contributed by atoms with van der Waals surface area (Å²) in [6.45, 7) is 2.27. The van der Waals surface area contributed by atoms with Gasteiger partial charge in [0.15, 0.2) is 0 Å². The van der Waals surface area contributed by atoms with Gasteiger partial charge < -0.3 is 9.80 Å². The van der Waals surface area contributed by atoms with Crippen molar-refractivity contribution < 1.29 is 26.4 Å². The van der Waals surface area contributed by atoms with Gasteiger partial charge in [0.05, 0.1) is 10.5 Å². The smallest absolute Gasteiger partial charge is 0.356 e. The second-order valence-corrected chi connectivity index (χ2v) is 9.17. The monoisotopic (exact) mass is 440 g/mol. The van der Waals surface area contributed by atoms with E-state index in [0.29, 0.717) is 37.6 Å². The molecule has 2 N–H and O–H groups in total. The number of nitrogens with two attached hydrogens (primary N) is 1. The molecule has 160 valence electrons. The lowest BCUT2D eigenvalue weighted by Gasteiger charge is -2.23. The Kier molecular flexibility index (Phi) is 4.97. The van der Waals surface area contributed by atoms with Crippen molar-refractivity contribution in [1.82, 2.24) is 9.88 Å². The fraction of sp³-hybridized carbons (Fsp3) is 0.368. The fourth-order valence-electron chi connectivity index (χ4n) is 4.06. The van der Waals surface area contributed by atoms with Crippen LogP contribution in [0, 0.1) is 11.8 Å². The van der Waals surface area contributed by atoms with Crippen LogP contribution in [0.3, 0.4) is 0 Å². The number of pyridine rings is 1. The van der Waals surface area contributed by atoms with E-state index < -0.39 is 21.8 Å². The predicted molar refractivity (Wildman–Crippen MR) is 102 cm³/mol. The summed E-state index contributed by atoms with van der Waals surface area (Å²) in [5.74, 6) is 0.696. The highest BCUT2D eigenvalue weighted by Gasteiger charge is 2.42. The number of hydrogen-bond acceptors (Lipinski definition) is 5. The van der Waals surface area contributed by atoms with Crippen LogP contribution in [0.15, 0.2) is 47.5 Å². The number of sulfonamides is 1. The molecule has 7 nitrogen and oxygen atoms in total. The van der Waals surface area contributed by atoms with Crippen LogP contribution in [0.5, 0.6) is 0 Å². The van der Waals surface area contributed by atoms with Crippen LogP contribution < -0.4 is 10.0 Å². The highest BCUT2D eigenvalue weighted by Crippen LogP contribution is 2.35. The van der Waals surface area contributed by atoms with Crippen LogP contribution >= 0.6 is 0 Å². The number of carbonyl (C=O) groups excluding carboxylic acids is 1. The van der Waals surface area contributed by atoms with Gasteiger partial charge in [-0.1, -0.05) is 0 Å². The van der Waals surface area contributed by atoms with Crippen molar-refractivity contribution in [2.24, 2.45) is 17.0 Å². The minimum Gasteiger partial charge on any atom is -0.356 e. The van der Waals surface area contributed by atoms with Crippen molar-refractivity contribution in [3.05, 3.63) is 53.7 Å². The van der Waals surface area contributed by atoms with Crippen LogP contribution in [0.4, 0.5) is 19.0 Å². The van der Waals surface area contributed by atoms with Crippen LogP contribution in [0.1, 0.15) is 15.9 Å². The number of carbonyl (C=O) groups is 1. The quantitative estimate of drug-likeness (QED) is 0.787. The van der Waals surface area contributed by atoms with Gasteiger partial charge in [0.1, 0.15) is 5.82 Å². The molecule has 2 unspecified atom stereocenters. The highest BCUT2D eigenvalue weighted by molar-refractivity contribution is 7.89. The fourth-order valence-corrected chi connectivity index (χ4v) is 4.57. The molecular weight excluding hydrogens is 421 g/mol. The van der Waals surface area contributed by atoms with Crippen LogP contribution in [-0.2, 0) is 16.2 Å². The Morgan fingerprint density at radius 1 is 1.00 bits per heavy atom. The van der Waals surface area contributed by atoms with Crippen molar-refractivity contribution in [1.29, 1.82) is 0 Å². The minimum atomic E-state index is -4.42. The Labute approximate surface area is 171 Å². The third-order valence-electron chi connectivity index (χ3n) is 5.60. The molecule has 2 saturated heterocycles. The molecule has 2 atom stereocenters. The Hall–Kier alpha value is -2.66. The molecule has 2 aromatic rings. The molecule has 30 heavy (non-hydrogen) atoms. The summed E-state index contributed by atoms with van der Waals surface area (Å²) < 4.78 is 60.8. The zero-order valence-corrected chi connectivity index (χ0v) is 16.5. The average molecular weight is 440 g/mol. The lowest BCUT2D eigenvalue weighted by Crippen LogP contribution is -2.33. The first-order valence-corrected chi connectivity index (χ1v) is 10.8. The number of benzene rings is 1. The normalized spacial score (nSPS) is 21.7. The van der Waals surface area contributed by atoms with Gasteiger partial charge in [-0.3, -0.25) is 4.79 Å². The number of anilines is 1. The van der Waals surface area contributed by atoms with Gasteiger partial charge in [-0.2, -0.15) is 13.2 Å². The summed E-state index contributed by atoms with van der Waals surface area (Å²) in [6.07, 6.45) is -3.58. The summed E-state index contributed by atoms with van der Waals surface area (Å²) in [7, 11) is -3.82. The number of aromatic nitrogens is 1. The third kappa shape index (κ3) is 3.99. The molecule has 4 rings (SSSR count). The number of likely N-dealkylation sites (tertiary alicyclic amines) is 1. The van der Waals surface area contributed by atoms with Gasteiger partial charge >= 0.3 is 6.18 Å². The van der Waals surface area contributed by atoms with Gasteiger partial charge in [0.2, 0.25) is 10.0 Å². The number of hydrogen-bond donors (Lipinski definition) is 1. The second-order valence-electron chi connectivity index (χ2n) is 7.61. The van der Waals surface area contributed by atoms with E-state index in [-0.39, 0.29) is 22.6 Å². The van der Waals surface area contributed by atoms with E-state index in [1.165, 1.54) is 30.3 Å². The Bertz CT molecular complexity index is 1040. The van der Waals surface area contributed by atoms with Gasteiger partial charge in [-0.05, 0) is 36.4 Å². The number of rotatable bonds is 3. The summed E-state index contributed by atoms with van der Waals surface area (Å²) in [5.41, 5.74) is -0.403. The maximum absolute atomic E-state index is 12.7. The number of halogens is 3. The lowest BCUT2D eigenvalue weighted by molar-refractivity contribution is -0.137. The molecular formula is C19H19F3N4O3S. The molecule has 2 aliphatic rings. The van der Waals surface area contributed by atoms with Crippen molar-refractivity contribution in [3.8, 4) is 0 Å². The number of amides is 1. The molecule has 3 heterocycles. The topological polar surface area (TPSA) is 96.6 Å². The minimum absolute atomic E-state index is 0.0583. The molecule has 2 fully saturated rings. The summed E-state index contributed by atoms with van der Waals surface area (Å²) in [4.78, 5) is 20.3. The zero-order chi connectivity index (χ0) is 21.7. The predicted octanol–water partition coefficient (Wildman–Crippen LogP) is 1.96. The molecule has 0 spiro atoms. The molecule has 0 bridgehead atoms. The molecule has 11 heteroatoms. The van der Waals surface area contributed by atoms with Gasteiger partial charge in [0.25, 0.3) is 5.91 Å². The molecule has 1 aromatic carbocycles. The first-order valence-electron chi connectivity index (χ1n) is 9.23. The third-order valence-corrected chi connectivity index (χ3v) is 6.53. The van der Waals surface area contributed by atoms with Crippen LogP contribution in [-0.4, -0.2) is 50.4 Å². The largest absolute Gasteiger partial charge is 0.417 e. The first kappa shape index (κ1) is 20.6. The first-order chi connectivity index (χ1) is 14.0. The molecule has 0 saturated carbocycles. The SMILES string of the molecule is NS(=O)(=O)c1ccc(C(=O)N2CC3CN(c4ccc(C(F)(F)F)cn4)CC3C2)cc1.